The third-order valence-electron chi connectivity index (χ3n) is 3.27. The molecule has 88 valence electrons. The van der Waals surface area contributed by atoms with Crippen molar-refractivity contribution in [3.63, 3.8) is 0 Å². The highest BCUT2D eigenvalue weighted by atomic mass is 16.5. The summed E-state index contributed by atoms with van der Waals surface area (Å²) in [6, 6.07) is 0. The number of likely N-dealkylation sites (N-methyl/N-ethyl adjacent to an activating group) is 1. The average Bonchev–Trinajstić information content (AvgIpc) is 2.27. The van der Waals surface area contributed by atoms with Gasteiger partial charge in [-0.25, -0.2) is 0 Å². The molecular formula is C12H23NO2. The van der Waals surface area contributed by atoms with Gasteiger partial charge in [-0.2, -0.15) is 0 Å². The van der Waals surface area contributed by atoms with Gasteiger partial charge in [-0.05, 0) is 25.9 Å². The van der Waals surface area contributed by atoms with Gasteiger partial charge in [0.2, 0.25) is 0 Å². The van der Waals surface area contributed by atoms with Crippen LogP contribution in [0.2, 0.25) is 0 Å². The van der Waals surface area contributed by atoms with Crippen LogP contribution in [0.15, 0.2) is 0 Å². The van der Waals surface area contributed by atoms with Crippen molar-refractivity contribution in [3.8, 4) is 0 Å². The zero-order valence-corrected chi connectivity index (χ0v) is 10.00. The molecule has 0 aromatic heterocycles. The minimum Gasteiger partial charge on any atom is -0.468 e. The third-order valence-corrected chi connectivity index (χ3v) is 3.27. The van der Waals surface area contributed by atoms with E-state index < -0.39 is 0 Å². The summed E-state index contributed by atoms with van der Waals surface area (Å²) < 4.78 is 4.63. The molecule has 1 aliphatic carbocycles. The van der Waals surface area contributed by atoms with E-state index in [0.717, 1.165) is 12.5 Å². The predicted molar refractivity (Wildman–Crippen MR) is 60.7 cm³/mol. The topological polar surface area (TPSA) is 29.5 Å². The first-order valence-electron chi connectivity index (χ1n) is 5.97. The van der Waals surface area contributed by atoms with Crippen LogP contribution < -0.4 is 0 Å². The van der Waals surface area contributed by atoms with Gasteiger partial charge in [0.15, 0.2) is 0 Å². The standard InChI is InChI=1S/C12H23NO2/c1-13(10-12(14)15-2)9-8-11-6-4-3-5-7-11/h11H,3-10H2,1-2H3. The molecule has 0 heterocycles. The fraction of sp³-hybridized carbons (Fsp3) is 0.917. The summed E-state index contributed by atoms with van der Waals surface area (Å²) >= 11 is 0. The summed E-state index contributed by atoms with van der Waals surface area (Å²) in [6.07, 6.45) is 8.19. The monoisotopic (exact) mass is 213 g/mol. The van der Waals surface area contributed by atoms with Gasteiger partial charge >= 0.3 is 5.97 Å². The number of ether oxygens (including phenoxy) is 1. The number of carbonyl (C=O) groups is 1. The highest BCUT2D eigenvalue weighted by Crippen LogP contribution is 2.26. The highest BCUT2D eigenvalue weighted by molar-refractivity contribution is 5.71. The van der Waals surface area contributed by atoms with E-state index in [1.165, 1.54) is 45.6 Å². The second kappa shape index (κ2) is 6.83. The maximum atomic E-state index is 11.0. The van der Waals surface area contributed by atoms with Crippen molar-refractivity contribution in [2.45, 2.75) is 38.5 Å². The summed E-state index contributed by atoms with van der Waals surface area (Å²) in [5, 5.41) is 0. The Hall–Kier alpha value is -0.570. The summed E-state index contributed by atoms with van der Waals surface area (Å²) in [4.78, 5) is 13.1. The number of rotatable bonds is 5. The number of carbonyl (C=O) groups excluding carboxylic acids is 1. The van der Waals surface area contributed by atoms with E-state index in [1.807, 2.05) is 7.05 Å². The number of hydrogen-bond donors (Lipinski definition) is 0. The molecule has 0 saturated heterocycles. The van der Waals surface area contributed by atoms with Crippen LogP contribution in [0.3, 0.4) is 0 Å². The SMILES string of the molecule is COC(=O)CN(C)CCC1CCCCC1. The van der Waals surface area contributed by atoms with Crippen LogP contribution in [0, 0.1) is 5.92 Å². The molecule has 3 heteroatoms. The fourth-order valence-corrected chi connectivity index (χ4v) is 2.24. The predicted octanol–water partition coefficient (Wildman–Crippen LogP) is 2.06. The number of hydrogen-bond acceptors (Lipinski definition) is 3. The van der Waals surface area contributed by atoms with Crippen LogP contribution in [0.25, 0.3) is 0 Å². The average molecular weight is 213 g/mol. The Morgan fingerprint density at radius 1 is 1.33 bits per heavy atom. The number of nitrogens with zero attached hydrogens (tertiary/aromatic N) is 1. The Morgan fingerprint density at radius 2 is 2.00 bits per heavy atom. The van der Waals surface area contributed by atoms with E-state index in [-0.39, 0.29) is 5.97 Å². The lowest BCUT2D eigenvalue weighted by Gasteiger charge is -2.24. The highest BCUT2D eigenvalue weighted by Gasteiger charge is 2.14. The van der Waals surface area contributed by atoms with Crippen molar-refractivity contribution in [3.05, 3.63) is 0 Å². The quantitative estimate of drug-likeness (QED) is 0.655. The van der Waals surface area contributed by atoms with Crippen LogP contribution in [0.1, 0.15) is 38.5 Å². The molecule has 0 aliphatic heterocycles. The van der Waals surface area contributed by atoms with Crippen molar-refractivity contribution in [1.29, 1.82) is 0 Å². The molecule has 15 heavy (non-hydrogen) atoms. The molecule has 0 amide bonds. The van der Waals surface area contributed by atoms with Crippen LogP contribution in [0.5, 0.6) is 0 Å². The molecule has 0 bridgehead atoms. The van der Waals surface area contributed by atoms with Crippen LogP contribution >= 0.6 is 0 Å². The van der Waals surface area contributed by atoms with Crippen molar-refractivity contribution >= 4 is 5.97 Å². The first-order valence-corrected chi connectivity index (χ1v) is 5.97. The zero-order valence-electron chi connectivity index (χ0n) is 10.00. The van der Waals surface area contributed by atoms with Gasteiger partial charge in [0.1, 0.15) is 0 Å². The Morgan fingerprint density at radius 3 is 2.60 bits per heavy atom. The first-order chi connectivity index (χ1) is 7.22. The maximum absolute atomic E-state index is 11.0. The minimum atomic E-state index is -0.138. The second-order valence-corrected chi connectivity index (χ2v) is 4.61. The van der Waals surface area contributed by atoms with Gasteiger partial charge in [0, 0.05) is 0 Å². The van der Waals surface area contributed by atoms with Crippen LogP contribution in [-0.4, -0.2) is 38.1 Å². The molecule has 0 aromatic carbocycles. The molecule has 0 spiro atoms. The summed E-state index contributed by atoms with van der Waals surface area (Å²) in [5.74, 6) is 0.750. The molecule has 1 rings (SSSR count). The van der Waals surface area contributed by atoms with Gasteiger partial charge < -0.3 is 4.74 Å². The smallest absolute Gasteiger partial charge is 0.319 e. The summed E-state index contributed by atoms with van der Waals surface area (Å²) in [6.45, 7) is 1.43. The molecule has 0 N–H and O–H groups in total. The van der Waals surface area contributed by atoms with Gasteiger partial charge in [0.05, 0.1) is 13.7 Å². The second-order valence-electron chi connectivity index (χ2n) is 4.61. The summed E-state index contributed by atoms with van der Waals surface area (Å²) in [7, 11) is 3.43. The van der Waals surface area contributed by atoms with E-state index in [2.05, 4.69) is 9.64 Å². The van der Waals surface area contributed by atoms with Crippen LogP contribution in [-0.2, 0) is 9.53 Å². The van der Waals surface area contributed by atoms with E-state index >= 15 is 0 Å². The molecule has 3 nitrogen and oxygen atoms in total. The van der Waals surface area contributed by atoms with E-state index in [1.54, 1.807) is 0 Å². The lowest BCUT2D eigenvalue weighted by molar-refractivity contribution is -0.141. The molecule has 1 aliphatic rings. The Bertz CT molecular complexity index is 188. The van der Waals surface area contributed by atoms with Gasteiger partial charge in [-0.1, -0.05) is 32.1 Å². The normalized spacial score (nSPS) is 18.1. The Kier molecular flexibility index (Phi) is 5.69. The van der Waals surface area contributed by atoms with Crippen molar-refractivity contribution < 1.29 is 9.53 Å². The Labute approximate surface area is 92.8 Å². The molecule has 0 aromatic rings. The van der Waals surface area contributed by atoms with Gasteiger partial charge in [-0.15, -0.1) is 0 Å². The Balaban J connectivity index is 2.09. The lowest BCUT2D eigenvalue weighted by atomic mass is 9.87. The van der Waals surface area contributed by atoms with E-state index in [9.17, 15) is 4.79 Å². The molecule has 1 fully saturated rings. The minimum absolute atomic E-state index is 0.138. The van der Waals surface area contributed by atoms with Crippen LogP contribution in [0.4, 0.5) is 0 Å². The molecule has 1 saturated carbocycles. The largest absolute Gasteiger partial charge is 0.468 e. The first kappa shape index (κ1) is 12.5. The molecule has 0 unspecified atom stereocenters. The maximum Gasteiger partial charge on any atom is 0.319 e. The fourth-order valence-electron chi connectivity index (χ4n) is 2.24. The van der Waals surface area contributed by atoms with Gasteiger partial charge in [-0.3, -0.25) is 9.69 Å². The lowest BCUT2D eigenvalue weighted by Crippen LogP contribution is -2.29. The van der Waals surface area contributed by atoms with Gasteiger partial charge in [0.25, 0.3) is 0 Å². The summed E-state index contributed by atoms with van der Waals surface area (Å²) in [5.41, 5.74) is 0. The molecule has 0 atom stereocenters. The molecule has 0 radical (unpaired) electrons. The number of methoxy groups -OCH3 is 1. The third kappa shape index (κ3) is 5.17. The van der Waals surface area contributed by atoms with Crippen molar-refractivity contribution in [2.24, 2.45) is 5.92 Å². The van der Waals surface area contributed by atoms with E-state index in [4.69, 9.17) is 0 Å². The van der Waals surface area contributed by atoms with E-state index in [0.29, 0.717) is 6.54 Å². The number of esters is 1. The zero-order chi connectivity index (χ0) is 11.1. The van der Waals surface area contributed by atoms with Crippen molar-refractivity contribution in [1.82, 2.24) is 4.90 Å². The van der Waals surface area contributed by atoms with Crippen molar-refractivity contribution in [2.75, 3.05) is 27.2 Å². The molecular weight excluding hydrogens is 190 g/mol.